The zero-order valence-electron chi connectivity index (χ0n) is 11.8. The number of halogens is 18. The van der Waals surface area contributed by atoms with E-state index in [9.17, 15) is 79.0 Å². The smallest absolute Gasteiger partial charge is 0.352 e. The Morgan fingerprint density at radius 2 is 0.714 bits per heavy atom. The van der Waals surface area contributed by atoms with Crippen LogP contribution in [0.5, 0.6) is 0 Å². The Labute approximate surface area is 139 Å². The van der Waals surface area contributed by atoms with E-state index in [1.807, 2.05) is 0 Å². The Kier molecular flexibility index (Phi) is 6.05. The maximum Gasteiger partial charge on any atom is 0.460 e. The van der Waals surface area contributed by atoms with Crippen molar-refractivity contribution >= 4 is 0 Å². The van der Waals surface area contributed by atoms with Crippen molar-refractivity contribution in [2.24, 2.45) is 0 Å². The van der Waals surface area contributed by atoms with Crippen LogP contribution in [0.15, 0.2) is 0 Å². The normalized spacial score (nSPS) is 19.4. The minimum absolute atomic E-state index is 6.57. The highest BCUT2D eigenvalue weighted by Crippen LogP contribution is 2.62. The number of hydrogen-bond acceptors (Lipinski definition) is 1. The fourth-order valence-electron chi connectivity index (χ4n) is 1.32. The Bertz CT molecular complexity index is 567. The molecule has 0 aromatic rings. The van der Waals surface area contributed by atoms with E-state index >= 15 is 0 Å². The van der Waals surface area contributed by atoms with Gasteiger partial charge in [0.15, 0.2) is 0 Å². The van der Waals surface area contributed by atoms with Gasteiger partial charge in [0, 0.05) is 0 Å². The van der Waals surface area contributed by atoms with E-state index in [-0.39, 0.29) is 0 Å². The van der Waals surface area contributed by atoms with Gasteiger partial charge in [-0.15, -0.1) is 0 Å². The summed E-state index contributed by atoms with van der Waals surface area (Å²) in [7, 11) is 0. The van der Waals surface area contributed by atoms with E-state index in [0.717, 1.165) is 0 Å². The first-order valence-corrected chi connectivity index (χ1v) is 5.73. The lowest BCUT2D eigenvalue weighted by atomic mass is 9.90. The highest BCUT2D eigenvalue weighted by Gasteiger charge is 2.92. The zero-order chi connectivity index (χ0) is 23.6. The van der Waals surface area contributed by atoms with E-state index in [2.05, 4.69) is 0 Å². The summed E-state index contributed by atoms with van der Waals surface area (Å²) < 4.78 is 224. The summed E-state index contributed by atoms with van der Waals surface area (Å²) in [6.45, 7) is 0. The Morgan fingerprint density at radius 3 is 0.964 bits per heavy atom. The molecule has 0 aromatic heterocycles. The third-order valence-electron chi connectivity index (χ3n) is 3.01. The predicted octanol–water partition coefficient (Wildman–Crippen LogP) is 5.28. The van der Waals surface area contributed by atoms with Crippen molar-refractivity contribution in [2.75, 3.05) is 0 Å². The van der Waals surface area contributed by atoms with Crippen molar-refractivity contribution in [3.63, 3.8) is 0 Å². The topological polar surface area (TPSA) is 20.2 Å². The van der Waals surface area contributed by atoms with Crippen molar-refractivity contribution in [1.82, 2.24) is 0 Å². The lowest BCUT2D eigenvalue weighted by molar-refractivity contribution is -0.452. The molecule has 0 rings (SSSR count). The molecule has 170 valence electrons. The summed E-state index contributed by atoms with van der Waals surface area (Å²) in [4.78, 5) is 0. The zero-order valence-corrected chi connectivity index (χ0v) is 11.8. The first kappa shape index (κ1) is 26.7. The molecule has 0 saturated heterocycles. The quantitative estimate of drug-likeness (QED) is 0.526. The molecule has 1 nitrogen and oxygen atoms in total. The molecule has 1 N–H and O–H groups in total. The van der Waals surface area contributed by atoms with Crippen molar-refractivity contribution in [1.29, 1.82) is 0 Å². The molecule has 28 heavy (non-hydrogen) atoms. The lowest BCUT2D eigenvalue weighted by Crippen LogP contribution is -2.73. The monoisotopic (exact) mass is 468 g/mol. The van der Waals surface area contributed by atoms with Gasteiger partial charge in [-0.3, -0.25) is 0 Å². The van der Waals surface area contributed by atoms with E-state index < -0.39 is 54.0 Å². The molecule has 0 amide bonds. The third kappa shape index (κ3) is 3.31. The number of rotatable bonds is 6. The number of alkyl halides is 18. The van der Waals surface area contributed by atoms with E-state index in [1.54, 1.807) is 0 Å². The largest absolute Gasteiger partial charge is 0.460 e. The van der Waals surface area contributed by atoms with Crippen LogP contribution >= 0.6 is 0 Å². The standard InChI is InChI=1S/C9H2F18O/c10-1(3(13,28)8(22,23)24)2(11,12)4(14,15)5(16,17)6(18,19)7(20,21)9(25,26)27/h1,28H. The Morgan fingerprint density at radius 1 is 0.429 bits per heavy atom. The number of aliphatic hydroxyl groups is 1. The van der Waals surface area contributed by atoms with Crippen LogP contribution in [0.3, 0.4) is 0 Å². The van der Waals surface area contributed by atoms with Gasteiger partial charge in [-0.05, 0) is 0 Å². The van der Waals surface area contributed by atoms with E-state index in [4.69, 9.17) is 5.11 Å². The SMILES string of the molecule is OC(F)(C(F)C(F)(F)C(F)(F)C(F)(F)C(F)(F)C(F)(F)C(F)(F)F)C(F)(F)F. The van der Waals surface area contributed by atoms with Gasteiger partial charge in [0.05, 0.1) is 0 Å². The van der Waals surface area contributed by atoms with Crippen LogP contribution in [0, 0.1) is 0 Å². The Balaban J connectivity index is 6.56. The van der Waals surface area contributed by atoms with Crippen molar-refractivity contribution in [3.8, 4) is 0 Å². The van der Waals surface area contributed by atoms with Crippen molar-refractivity contribution < 1.29 is 84.1 Å². The van der Waals surface area contributed by atoms with Gasteiger partial charge < -0.3 is 5.11 Å². The van der Waals surface area contributed by atoms with Gasteiger partial charge in [-0.25, -0.2) is 4.39 Å². The highest BCUT2D eigenvalue weighted by atomic mass is 19.4. The fourth-order valence-corrected chi connectivity index (χ4v) is 1.32. The van der Waals surface area contributed by atoms with Crippen LogP contribution in [0.1, 0.15) is 0 Å². The lowest BCUT2D eigenvalue weighted by Gasteiger charge is -2.41. The van der Waals surface area contributed by atoms with Gasteiger partial charge >= 0.3 is 47.8 Å². The molecule has 0 spiro atoms. The van der Waals surface area contributed by atoms with E-state index in [1.165, 1.54) is 0 Å². The average molecular weight is 468 g/mol. The maximum atomic E-state index is 13.0. The second-order valence-electron chi connectivity index (χ2n) is 4.95. The first-order chi connectivity index (χ1) is 11.7. The van der Waals surface area contributed by atoms with Gasteiger partial charge in [0.25, 0.3) is 0 Å². The van der Waals surface area contributed by atoms with Crippen LogP contribution in [0.25, 0.3) is 0 Å². The van der Waals surface area contributed by atoms with Crippen LogP contribution in [-0.4, -0.2) is 59.1 Å². The molecule has 0 saturated carbocycles. The molecule has 2 atom stereocenters. The van der Waals surface area contributed by atoms with Crippen LogP contribution in [-0.2, 0) is 0 Å². The molecule has 0 aromatic carbocycles. The van der Waals surface area contributed by atoms with Crippen LogP contribution in [0.2, 0.25) is 0 Å². The maximum absolute atomic E-state index is 13.0. The van der Waals surface area contributed by atoms with Crippen LogP contribution < -0.4 is 0 Å². The summed E-state index contributed by atoms with van der Waals surface area (Å²) in [6, 6.07) is 0. The molecule has 19 heteroatoms. The molecule has 0 aliphatic rings. The summed E-state index contributed by atoms with van der Waals surface area (Å²) >= 11 is 0. The summed E-state index contributed by atoms with van der Waals surface area (Å²) in [6.07, 6.45) is -21.7. The first-order valence-electron chi connectivity index (χ1n) is 5.73. The minimum atomic E-state index is -8.63. The molecule has 0 aliphatic carbocycles. The molecule has 0 heterocycles. The van der Waals surface area contributed by atoms with Gasteiger partial charge in [-0.1, -0.05) is 0 Å². The molecule has 0 fully saturated rings. The second kappa shape index (κ2) is 6.35. The van der Waals surface area contributed by atoms with E-state index in [0.29, 0.717) is 0 Å². The molecule has 2 unspecified atom stereocenters. The molecule has 0 bridgehead atoms. The van der Waals surface area contributed by atoms with Crippen molar-refractivity contribution in [3.05, 3.63) is 0 Å². The van der Waals surface area contributed by atoms with Gasteiger partial charge in [-0.2, -0.15) is 74.6 Å². The molecular formula is C9H2F18O. The predicted molar refractivity (Wildman–Crippen MR) is 47.8 cm³/mol. The second-order valence-corrected chi connectivity index (χ2v) is 4.95. The third-order valence-corrected chi connectivity index (χ3v) is 3.01. The van der Waals surface area contributed by atoms with Gasteiger partial charge in [0.2, 0.25) is 6.17 Å². The molecule has 0 aliphatic heterocycles. The fraction of sp³-hybridized carbons (Fsp3) is 1.00. The average Bonchev–Trinajstić information content (AvgIpc) is 2.42. The van der Waals surface area contributed by atoms with Crippen molar-refractivity contribution in [2.45, 2.75) is 54.0 Å². The summed E-state index contributed by atoms with van der Waals surface area (Å²) in [5.74, 6) is -49.1. The molecular weight excluding hydrogens is 466 g/mol. The highest BCUT2D eigenvalue weighted by molar-refractivity contribution is 5.13. The summed E-state index contributed by atoms with van der Waals surface area (Å²) in [5.41, 5.74) is 0. The molecule has 0 radical (unpaired) electrons. The summed E-state index contributed by atoms with van der Waals surface area (Å²) in [5, 5.41) is 7.84. The minimum Gasteiger partial charge on any atom is -0.352 e. The Hall–Kier alpha value is -1.30. The van der Waals surface area contributed by atoms with Crippen LogP contribution in [0.4, 0.5) is 79.0 Å². The number of hydrogen-bond donors (Lipinski definition) is 1. The van der Waals surface area contributed by atoms with Gasteiger partial charge in [0.1, 0.15) is 0 Å².